The molecule has 16 heavy (non-hydrogen) atoms. The lowest BCUT2D eigenvalue weighted by Crippen LogP contribution is -2.39. The Morgan fingerprint density at radius 3 is 2.69 bits per heavy atom. The molecule has 0 saturated heterocycles. The van der Waals surface area contributed by atoms with E-state index in [2.05, 4.69) is 5.32 Å². The van der Waals surface area contributed by atoms with Gasteiger partial charge in [-0.2, -0.15) is 0 Å². The van der Waals surface area contributed by atoms with E-state index in [9.17, 15) is 9.18 Å². The molecule has 1 amide bonds. The topological polar surface area (TPSA) is 55.1 Å². The molecule has 88 valence electrons. The Balaban J connectivity index is 2.80. The van der Waals surface area contributed by atoms with Gasteiger partial charge in [-0.3, -0.25) is 4.79 Å². The molecule has 1 aromatic carbocycles. The zero-order chi connectivity index (χ0) is 12.3. The maximum Gasteiger partial charge on any atom is 0.241 e. The number of hydrogen-bond donors (Lipinski definition) is 2. The second kappa shape index (κ2) is 5.27. The highest BCUT2D eigenvalue weighted by Crippen LogP contribution is 2.22. The van der Waals surface area contributed by atoms with E-state index in [0.29, 0.717) is 0 Å². The standard InChI is InChI=1S/C11H14ClFN2O/c1-6(2)10(14)11(16)15-9-5-7(13)3-4-8(9)12/h3-6,10H,14H2,1-2H3,(H,15,16)/t10-/m0/s1. The summed E-state index contributed by atoms with van der Waals surface area (Å²) in [6, 6.07) is 3.13. The van der Waals surface area contributed by atoms with Crippen molar-refractivity contribution >= 4 is 23.2 Å². The van der Waals surface area contributed by atoms with Gasteiger partial charge in [0.1, 0.15) is 5.82 Å². The number of carbonyl (C=O) groups is 1. The predicted molar refractivity (Wildman–Crippen MR) is 62.9 cm³/mol. The molecule has 0 heterocycles. The molecule has 0 spiro atoms. The predicted octanol–water partition coefficient (Wildman–Crippen LogP) is 2.40. The van der Waals surface area contributed by atoms with Crippen LogP contribution in [0.4, 0.5) is 10.1 Å². The lowest BCUT2D eigenvalue weighted by atomic mass is 10.0. The highest BCUT2D eigenvalue weighted by atomic mass is 35.5. The summed E-state index contributed by atoms with van der Waals surface area (Å²) >= 11 is 5.80. The van der Waals surface area contributed by atoms with Crippen molar-refractivity contribution in [1.29, 1.82) is 0 Å². The van der Waals surface area contributed by atoms with E-state index < -0.39 is 11.9 Å². The number of hydrogen-bond acceptors (Lipinski definition) is 2. The molecule has 1 atom stereocenters. The third-order valence-electron chi connectivity index (χ3n) is 2.21. The molecule has 5 heteroatoms. The zero-order valence-corrected chi connectivity index (χ0v) is 9.88. The number of nitrogens with two attached hydrogens (primary N) is 1. The third kappa shape index (κ3) is 3.18. The number of carbonyl (C=O) groups excluding carboxylic acids is 1. The van der Waals surface area contributed by atoms with Crippen LogP contribution in [0.25, 0.3) is 0 Å². The van der Waals surface area contributed by atoms with Crippen LogP contribution in [0.3, 0.4) is 0 Å². The van der Waals surface area contributed by atoms with Gasteiger partial charge >= 0.3 is 0 Å². The van der Waals surface area contributed by atoms with Gasteiger partial charge in [-0.1, -0.05) is 25.4 Å². The molecule has 0 aliphatic carbocycles. The molecule has 1 aromatic rings. The van der Waals surface area contributed by atoms with Crippen LogP contribution in [0.1, 0.15) is 13.8 Å². The molecule has 0 aliphatic heterocycles. The highest BCUT2D eigenvalue weighted by molar-refractivity contribution is 6.33. The van der Waals surface area contributed by atoms with Gasteiger partial charge in [0.15, 0.2) is 0 Å². The normalized spacial score (nSPS) is 12.6. The van der Waals surface area contributed by atoms with Crippen molar-refractivity contribution in [1.82, 2.24) is 0 Å². The Morgan fingerprint density at radius 1 is 1.50 bits per heavy atom. The van der Waals surface area contributed by atoms with E-state index in [1.165, 1.54) is 12.1 Å². The number of amides is 1. The molecule has 3 nitrogen and oxygen atoms in total. The van der Waals surface area contributed by atoms with Crippen LogP contribution in [0, 0.1) is 11.7 Å². The van der Waals surface area contributed by atoms with E-state index in [1.807, 2.05) is 13.8 Å². The van der Waals surface area contributed by atoms with Gasteiger partial charge in [0.05, 0.1) is 16.8 Å². The van der Waals surface area contributed by atoms with Crippen LogP contribution in [-0.2, 0) is 4.79 Å². The first-order chi connectivity index (χ1) is 7.41. The molecule has 0 unspecified atom stereocenters. The Hall–Kier alpha value is -1.13. The van der Waals surface area contributed by atoms with Gasteiger partial charge in [-0.25, -0.2) is 4.39 Å². The molecule has 1 rings (SSSR count). The van der Waals surface area contributed by atoms with Gasteiger partial charge in [-0.15, -0.1) is 0 Å². The minimum absolute atomic E-state index is 0.00679. The molecule has 0 bridgehead atoms. The van der Waals surface area contributed by atoms with Crippen LogP contribution in [0.5, 0.6) is 0 Å². The monoisotopic (exact) mass is 244 g/mol. The second-order valence-electron chi connectivity index (χ2n) is 3.88. The fourth-order valence-electron chi connectivity index (χ4n) is 1.11. The van der Waals surface area contributed by atoms with Gasteiger partial charge in [0, 0.05) is 0 Å². The lowest BCUT2D eigenvalue weighted by Gasteiger charge is -2.15. The fourth-order valence-corrected chi connectivity index (χ4v) is 1.28. The minimum Gasteiger partial charge on any atom is -0.323 e. The van der Waals surface area contributed by atoms with Crippen molar-refractivity contribution in [3.8, 4) is 0 Å². The maximum absolute atomic E-state index is 12.9. The summed E-state index contributed by atoms with van der Waals surface area (Å²) in [5, 5.41) is 2.78. The molecule has 0 saturated carbocycles. The second-order valence-corrected chi connectivity index (χ2v) is 4.29. The van der Waals surface area contributed by atoms with Crippen molar-refractivity contribution in [2.24, 2.45) is 11.7 Å². The molecular formula is C11H14ClFN2O. The number of halogens is 2. The minimum atomic E-state index is -0.640. The average molecular weight is 245 g/mol. The summed E-state index contributed by atoms with van der Waals surface area (Å²) in [5.74, 6) is -0.826. The number of benzene rings is 1. The van der Waals surface area contributed by atoms with Crippen LogP contribution in [0.2, 0.25) is 5.02 Å². The largest absolute Gasteiger partial charge is 0.323 e. The van der Waals surface area contributed by atoms with Gasteiger partial charge in [0.2, 0.25) is 5.91 Å². The first kappa shape index (κ1) is 12.9. The van der Waals surface area contributed by atoms with Crippen LogP contribution >= 0.6 is 11.6 Å². The Morgan fingerprint density at radius 2 is 2.12 bits per heavy atom. The molecule has 0 aliphatic rings. The molecule has 0 aromatic heterocycles. The number of anilines is 1. The zero-order valence-electron chi connectivity index (χ0n) is 9.13. The van der Waals surface area contributed by atoms with Crippen LogP contribution in [0.15, 0.2) is 18.2 Å². The summed E-state index contributed by atoms with van der Waals surface area (Å²) in [7, 11) is 0. The fraction of sp³-hybridized carbons (Fsp3) is 0.364. The summed E-state index contributed by atoms with van der Waals surface area (Å²) in [6.45, 7) is 3.66. The lowest BCUT2D eigenvalue weighted by molar-refractivity contribution is -0.118. The van der Waals surface area contributed by atoms with Crippen molar-refractivity contribution in [3.05, 3.63) is 29.0 Å². The quantitative estimate of drug-likeness (QED) is 0.858. The summed E-state index contributed by atoms with van der Waals surface area (Å²) < 4.78 is 12.9. The molecular weight excluding hydrogens is 231 g/mol. The van der Waals surface area contributed by atoms with Gasteiger partial charge in [-0.05, 0) is 24.1 Å². The molecule has 0 fully saturated rings. The Labute approximate surface area is 98.8 Å². The number of rotatable bonds is 3. The third-order valence-corrected chi connectivity index (χ3v) is 2.54. The van der Waals surface area contributed by atoms with E-state index in [4.69, 9.17) is 17.3 Å². The van der Waals surface area contributed by atoms with Crippen molar-refractivity contribution < 1.29 is 9.18 Å². The Bertz CT molecular complexity index is 396. The van der Waals surface area contributed by atoms with E-state index >= 15 is 0 Å². The average Bonchev–Trinajstić information content (AvgIpc) is 2.22. The van der Waals surface area contributed by atoms with Crippen LogP contribution in [-0.4, -0.2) is 11.9 Å². The van der Waals surface area contributed by atoms with Crippen molar-refractivity contribution in [2.45, 2.75) is 19.9 Å². The summed E-state index contributed by atoms with van der Waals surface area (Å²) in [4.78, 5) is 11.6. The first-order valence-corrected chi connectivity index (χ1v) is 5.31. The highest BCUT2D eigenvalue weighted by Gasteiger charge is 2.18. The number of nitrogens with one attached hydrogen (secondary N) is 1. The van der Waals surface area contributed by atoms with E-state index in [0.717, 1.165) is 6.07 Å². The summed E-state index contributed by atoms with van der Waals surface area (Å²) in [5.41, 5.74) is 5.89. The van der Waals surface area contributed by atoms with E-state index in [-0.39, 0.29) is 22.5 Å². The first-order valence-electron chi connectivity index (χ1n) is 4.93. The van der Waals surface area contributed by atoms with Crippen molar-refractivity contribution in [3.63, 3.8) is 0 Å². The SMILES string of the molecule is CC(C)[C@H](N)C(=O)Nc1cc(F)ccc1Cl. The smallest absolute Gasteiger partial charge is 0.241 e. The van der Waals surface area contributed by atoms with Crippen LogP contribution < -0.4 is 11.1 Å². The van der Waals surface area contributed by atoms with Crippen molar-refractivity contribution in [2.75, 3.05) is 5.32 Å². The summed E-state index contributed by atoms with van der Waals surface area (Å²) in [6.07, 6.45) is 0. The van der Waals surface area contributed by atoms with Gasteiger partial charge < -0.3 is 11.1 Å². The molecule has 0 radical (unpaired) electrons. The molecule has 3 N–H and O–H groups in total. The maximum atomic E-state index is 12.9. The Kier molecular flexibility index (Phi) is 4.26. The van der Waals surface area contributed by atoms with Gasteiger partial charge in [0.25, 0.3) is 0 Å². The van der Waals surface area contributed by atoms with E-state index in [1.54, 1.807) is 0 Å².